The Bertz CT molecular complexity index is 399. The van der Waals surface area contributed by atoms with Crippen molar-refractivity contribution in [2.24, 2.45) is 11.8 Å². The molecule has 0 radical (unpaired) electrons. The molecule has 16 heavy (non-hydrogen) atoms. The van der Waals surface area contributed by atoms with Crippen LogP contribution in [0.15, 0.2) is 10.7 Å². The first-order chi connectivity index (χ1) is 7.41. The highest BCUT2D eigenvalue weighted by Gasteiger charge is 2.26. The van der Waals surface area contributed by atoms with Crippen molar-refractivity contribution >= 4 is 17.9 Å². The fraction of sp³-hybridized carbons (Fsp3) is 0.500. The van der Waals surface area contributed by atoms with Crippen LogP contribution < -0.4 is 5.32 Å². The monoisotopic (exact) mass is 226 g/mol. The van der Waals surface area contributed by atoms with Crippen LogP contribution in [0.25, 0.3) is 0 Å². The SMILES string of the molecule is Cc1coc(NC(=O)C(C)C(C)C(=O)O)n1. The molecule has 0 aliphatic rings. The molecule has 0 saturated heterocycles. The van der Waals surface area contributed by atoms with Crippen LogP contribution in [0.3, 0.4) is 0 Å². The van der Waals surface area contributed by atoms with E-state index >= 15 is 0 Å². The topological polar surface area (TPSA) is 92.4 Å². The van der Waals surface area contributed by atoms with Gasteiger partial charge in [0, 0.05) is 5.92 Å². The lowest BCUT2D eigenvalue weighted by atomic mass is 9.95. The van der Waals surface area contributed by atoms with Crippen molar-refractivity contribution in [3.05, 3.63) is 12.0 Å². The normalized spacial score (nSPS) is 14.2. The molecule has 0 fully saturated rings. The molecular weight excluding hydrogens is 212 g/mol. The number of hydrogen-bond donors (Lipinski definition) is 2. The number of aryl methyl sites for hydroxylation is 1. The molecular formula is C10H14N2O4. The molecule has 2 N–H and O–H groups in total. The highest BCUT2D eigenvalue weighted by Crippen LogP contribution is 2.14. The van der Waals surface area contributed by atoms with E-state index in [-0.39, 0.29) is 6.01 Å². The predicted octanol–water partition coefficient (Wildman–Crippen LogP) is 1.28. The number of nitrogens with one attached hydrogen (secondary N) is 1. The van der Waals surface area contributed by atoms with Crippen molar-refractivity contribution in [1.29, 1.82) is 0 Å². The Hall–Kier alpha value is -1.85. The van der Waals surface area contributed by atoms with Gasteiger partial charge < -0.3 is 9.52 Å². The number of oxazole rings is 1. The van der Waals surface area contributed by atoms with E-state index in [1.165, 1.54) is 13.2 Å². The smallest absolute Gasteiger partial charge is 0.307 e. The molecule has 0 saturated carbocycles. The molecule has 1 aromatic heterocycles. The average Bonchev–Trinajstić information content (AvgIpc) is 2.61. The van der Waals surface area contributed by atoms with Gasteiger partial charge in [-0.3, -0.25) is 14.9 Å². The standard InChI is InChI=1S/C10H14N2O4/c1-5-4-16-10(11-5)12-8(13)6(2)7(3)9(14)15/h4,6-7H,1-3H3,(H,14,15)(H,11,12,13). The summed E-state index contributed by atoms with van der Waals surface area (Å²) in [5, 5.41) is 11.2. The predicted molar refractivity (Wildman–Crippen MR) is 55.8 cm³/mol. The van der Waals surface area contributed by atoms with Gasteiger partial charge in [0.1, 0.15) is 6.26 Å². The Morgan fingerprint density at radius 2 is 2.06 bits per heavy atom. The zero-order valence-corrected chi connectivity index (χ0v) is 9.35. The summed E-state index contributed by atoms with van der Waals surface area (Å²) < 4.78 is 4.93. The van der Waals surface area contributed by atoms with Crippen molar-refractivity contribution in [2.45, 2.75) is 20.8 Å². The van der Waals surface area contributed by atoms with E-state index in [0.29, 0.717) is 5.69 Å². The van der Waals surface area contributed by atoms with E-state index in [9.17, 15) is 9.59 Å². The summed E-state index contributed by atoms with van der Waals surface area (Å²) in [6.07, 6.45) is 1.40. The van der Waals surface area contributed by atoms with Crippen LogP contribution in [-0.2, 0) is 9.59 Å². The molecule has 1 rings (SSSR count). The molecule has 0 aliphatic carbocycles. The number of hydrogen-bond acceptors (Lipinski definition) is 4. The van der Waals surface area contributed by atoms with Crippen LogP contribution in [0.4, 0.5) is 6.01 Å². The van der Waals surface area contributed by atoms with Crippen LogP contribution in [-0.4, -0.2) is 22.0 Å². The third-order valence-electron chi connectivity index (χ3n) is 2.40. The molecule has 6 heteroatoms. The Morgan fingerprint density at radius 1 is 1.44 bits per heavy atom. The van der Waals surface area contributed by atoms with Crippen molar-refractivity contribution in [3.63, 3.8) is 0 Å². The maximum atomic E-state index is 11.6. The minimum absolute atomic E-state index is 0.0898. The first-order valence-electron chi connectivity index (χ1n) is 4.87. The van der Waals surface area contributed by atoms with E-state index in [0.717, 1.165) is 0 Å². The zero-order valence-electron chi connectivity index (χ0n) is 9.35. The number of rotatable bonds is 4. The van der Waals surface area contributed by atoms with E-state index in [1.807, 2.05) is 0 Å². The maximum absolute atomic E-state index is 11.6. The quantitative estimate of drug-likeness (QED) is 0.806. The lowest BCUT2D eigenvalue weighted by molar-refractivity contribution is -0.145. The third kappa shape index (κ3) is 2.82. The molecule has 1 heterocycles. The molecule has 0 bridgehead atoms. The van der Waals surface area contributed by atoms with Gasteiger partial charge in [-0.1, -0.05) is 13.8 Å². The van der Waals surface area contributed by atoms with Crippen LogP contribution in [0.1, 0.15) is 19.5 Å². The summed E-state index contributed by atoms with van der Waals surface area (Å²) in [5.41, 5.74) is 0.647. The van der Waals surface area contributed by atoms with Crippen LogP contribution >= 0.6 is 0 Å². The van der Waals surface area contributed by atoms with Crippen LogP contribution in [0, 0.1) is 18.8 Å². The van der Waals surface area contributed by atoms with Crippen molar-refractivity contribution in [3.8, 4) is 0 Å². The van der Waals surface area contributed by atoms with E-state index in [1.54, 1.807) is 13.8 Å². The molecule has 0 aliphatic heterocycles. The molecule has 1 amide bonds. The maximum Gasteiger partial charge on any atom is 0.307 e. The van der Waals surface area contributed by atoms with Crippen molar-refractivity contribution in [1.82, 2.24) is 4.98 Å². The van der Waals surface area contributed by atoms with Gasteiger partial charge in [0.2, 0.25) is 5.91 Å². The van der Waals surface area contributed by atoms with Gasteiger partial charge in [0.25, 0.3) is 0 Å². The number of carboxylic acids is 1. The Kier molecular flexibility index (Phi) is 3.65. The fourth-order valence-corrected chi connectivity index (χ4v) is 1.07. The Morgan fingerprint density at radius 3 is 2.50 bits per heavy atom. The summed E-state index contributed by atoms with van der Waals surface area (Å²) in [5.74, 6) is -2.83. The Labute approximate surface area is 92.7 Å². The van der Waals surface area contributed by atoms with Gasteiger partial charge in [-0.2, -0.15) is 4.98 Å². The minimum Gasteiger partial charge on any atom is -0.481 e. The highest BCUT2D eigenvalue weighted by molar-refractivity contribution is 5.93. The number of nitrogens with zero attached hydrogens (tertiary/aromatic N) is 1. The van der Waals surface area contributed by atoms with Crippen molar-refractivity contribution in [2.75, 3.05) is 5.32 Å². The molecule has 1 aromatic rings. The summed E-state index contributed by atoms with van der Waals surface area (Å²) in [6.45, 7) is 4.75. The molecule has 0 spiro atoms. The van der Waals surface area contributed by atoms with E-state index in [4.69, 9.17) is 9.52 Å². The summed E-state index contributed by atoms with van der Waals surface area (Å²) in [6, 6.07) is 0.0898. The van der Waals surface area contributed by atoms with Gasteiger partial charge >= 0.3 is 12.0 Å². The number of amides is 1. The van der Waals surface area contributed by atoms with Crippen molar-refractivity contribution < 1.29 is 19.1 Å². The number of aromatic nitrogens is 1. The van der Waals surface area contributed by atoms with Gasteiger partial charge in [0.15, 0.2) is 0 Å². The molecule has 6 nitrogen and oxygen atoms in total. The zero-order chi connectivity index (χ0) is 12.3. The van der Waals surface area contributed by atoms with Crippen LogP contribution in [0.2, 0.25) is 0 Å². The summed E-state index contributed by atoms with van der Waals surface area (Å²) >= 11 is 0. The summed E-state index contributed by atoms with van der Waals surface area (Å²) in [4.78, 5) is 26.2. The Balaban J connectivity index is 2.62. The number of anilines is 1. The number of carbonyl (C=O) groups excluding carboxylic acids is 1. The van der Waals surface area contributed by atoms with Gasteiger partial charge in [-0.05, 0) is 6.92 Å². The second kappa shape index (κ2) is 4.78. The molecule has 88 valence electrons. The van der Waals surface area contributed by atoms with Gasteiger partial charge in [0.05, 0.1) is 11.6 Å². The minimum atomic E-state index is -1.01. The van der Waals surface area contributed by atoms with Crippen LogP contribution in [0.5, 0.6) is 0 Å². The molecule has 2 unspecified atom stereocenters. The first-order valence-corrected chi connectivity index (χ1v) is 4.87. The van der Waals surface area contributed by atoms with E-state index in [2.05, 4.69) is 10.3 Å². The molecule has 0 aromatic carbocycles. The lowest BCUT2D eigenvalue weighted by Gasteiger charge is -2.13. The van der Waals surface area contributed by atoms with E-state index < -0.39 is 23.7 Å². The second-order valence-corrected chi connectivity index (χ2v) is 3.70. The lowest BCUT2D eigenvalue weighted by Crippen LogP contribution is -2.30. The average molecular weight is 226 g/mol. The number of carboxylic acid groups (broad SMARTS) is 1. The second-order valence-electron chi connectivity index (χ2n) is 3.70. The van der Waals surface area contributed by atoms with Gasteiger partial charge in [-0.15, -0.1) is 0 Å². The summed E-state index contributed by atoms with van der Waals surface area (Å²) in [7, 11) is 0. The fourth-order valence-electron chi connectivity index (χ4n) is 1.07. The molecule has 2 atom stereocenters. The highest BCUT2D eigenvalue weighted by atomic mass is 16.4. The first kappa shape index (κ1) is 12.2. The number of aliphatic carboxylic acids is 1. The third-order valence-corrected chi connectivity index (χ3v) is 2.40. The largest absolute Gasteiger partial charge is 0.481 e. The number of carbonyl (C=O) groups is 2. The van der Waals surface area contributed by atoms with Gasteiger partial charge in [-0.25, -0.2) is 0 Å².